The van der Waals surface area contributed by atoms with Crippen molar-refractivity contribution in [2.45, 2.75) is 12.1 Å². The molecule has 2 aromatic rings. The Morgan fingerprint density at radius 3 is 2.80 bits per heavy atom. The number of fused-ring (bicyclic) bond motifs is 1. The molecule has 2 aliphatic rings. The van der Waals surface area contributed by atoms with Gasteiger partial charge in [-0.25, -0.2) is 4.79 Å². The number of hydrogen-bond acceptors (Lipinski definition) is 3. The van der Waals surface area contributed by atoms with Crippen LogP contribution in [-0.4, -0.2) is 37.2 Å². The van der Waals surface area contributed by atoms with Gasteiger partial charge < -0.3 is 19.7 Å². The number of carbonyl (C=O) groups excluding carboxylic acids is 1. The number of nitrogens with one attached hydrogen (secondary N) is 1. The van der Waals surface area contributed by atoms with E-state index >= 15 is 0 Å². The van der Waals surface area contributed by atoms with E-state index in [1.807, 2.05) is 48.5 Å². The van der Waals surface area contributed by atoms with Crippen molar-refractivity contribution in [2.75, 3.05) is 26.3 Å². The van der Waals surface area contributed by atoms with E-state index in [-0.39, 0.29) is 18.2 Å². The van der Waals surface area contributed by atoms with Crippen molar-refractivity contribution in [3.63, 3.8) is 0 Å². The van der Waals surface area contributed by atoms with E-state index in [1.54, 1.807) is 4.90 Å². The van der Waals surface area contributed by atoms with E-state index < -0.39 is 0 Å². The highest BCUT2D eigenvalue weighted by Gasteiger charge is 2.30. The van der Waals surface area contributed by atoms with Gasteiger partial charge in [0.2, 0.25) is 0 Å². The summed E-state index contributed by atoms with van der Waals surface area (Å²) in [7, 11) is 0. The van der Waals surface area contributed by atoms with Crippen LogP contribution in [0.3, 0.4) is 0 Å². The number of hydrogen-bond donors (Lipinski definition) is 1. The van der Waals surface area contributed by atoms with E-state index in [4.69, 9.17) is 21.1 Å². The molecule has 4 rings (SSSR count). The van der Waals surface area contributed by atoms with Crippen molar-refractivity contribution in [3.05, 3.63) is 64.7 Å². The number of nitrogens with zero attached hydrogens (tertiary/aromatic N) is 1. The Labute approximate surface area is 151 Å². The molecule has 1 saturated heterocycles. The highest BCUT2D eigenvalue weighted by Crippen LogP contribution is 2.32. The van der Waals surface area contributed by atoms with Crippen LogP contribution in [-0.2, 0) is 4.74 Å². The Kier molecular flexibility index (Phi) is 4.51. The number of rotatable bonds is 2. The molecule has 2 amide bonds. The van der Waals surface area contributed by atoms with Gasteiger partial charge in [-0.05, 0) is 23.8 Å². The van der Waals surface area contributed by atoms with Crippen LogP contribution in [0.2, 0.25) is 5.02 Å². The molecule has 1 N–H and O–H groups in total. The van der Waals surface area contributed by atoms with Crippen LogP contribution in [0.1, 0.15) is 23.3 Å². The topological polar surface area (TPSA) is 50.8 Å². The molecule has 0 aromatic heterocycles. The first kappa shape index (κ1) is 16.2. The minimum Gasteiger partial charge on any atom is -0.491 e. The summed E-state index contributed by atoms with van der Waals surface area (Å²) >= 11 is 5.94. The highest BCUT2D eigenvalue weighted by molar-refractivity contribution is 6.30. The zero-order valence-corrected chi connectivity index (χ0v) is 14.4. The minimum absolute atomic E-state index is 0.0902. The van der Waals surface area contributed by atoms with Crippen LogP contribution >= 0.6 is 11.6 Å². The van der Waals surface area contributed by atoms with Crippen LogP contribution in [0.15, 0.2) is 48.5 Å². The molecular weight excluding hydrogens is 340 g/mol. The van der Waals surface area contributed by atoms with Crippen LogP contribution in [0, 0.1) is 0 Å². The summed E-state index contributed by atoms with van der Waals surface area (Å²) < 4.78 is 11.5. The first-order chi connectivity index (χ1) is 12.2. The fourth-order valence-electron chi connectivity index (χ4n) is 3.24. The Balaban J connectivity index is 1.41. The molecule has 0 radical (unpaired) electrons. The predicted molar refractivity (Wildman–Crippen MR) is 94.9 cm³/mol. The molecule has 0 aliphatic carbocycles. The lowest BCUT2D eigenvalue weighted by Crippen LogP contribution is -2.48. The third-order valence-corrected chi connectivity index (χ3v) is 4.85. The lowest BCUT2D eigenvalue weighted by molar-refractivity contribution is -0.0158. The lowest BCUT2D eigenvalue weighted by atomic mass is 10.1. The zero-order valence-electron chi connectivity index (χ0n) is 13.7. The molecule has 130 valence electrons. The van der Waals surface area contributed by atoms with Gasteiger partial charge in [-0.2, -0.15) is 0 Å². The van der Waals surface area contributed by atoms with E-state index in [2.05, 4.69) is 5.32 Å². The normalized spacial score (nSPS) is 22.2. The number of benzene rings is 2. The monoisotopic (exact) mass is 358 g/mol. The molecule has 2 aliphatic heterocycles. The summed E-state index contributed by atoms with van der Waals surface area (Å²) in [6.07, 6.45) is -0.135. The van der Waals surface area contributed by atoms with Gasteiger partial charge in [-0.3, -0.25) is 0 Å². The van der Waals surface area contributed by atoms with Crippen molar-refractivity contribution in [2.24, 2.45) is 0 Å². The van der Waals surface area contributed by atoms with Gasteiger partial charge in [-0.15, -0.1) is 0 Å². The molecule has 0 spiro atoms. The van der Waals surface area contributed by atoms with Gasteiger partial charge in [0.15, 0.2) is 0 Å². The summed E-state index contributed by atoms with van der Waals surface area (Å²) in [5.41, 5.74) is 2.05. The number of carbonyl (C=O) groups is 1. The standard InChI is InChI=1S/C19H19ClN2O3/c20-14-7-5-13(6-8-14)18-11-22(9-10-24-18)19(23)21-16-12-25-17-4-2-1-3-15(16)17/h1-8,16,18H,9-12H2,(H,21,23)/t16-,18+/m0/s1. The summed E-state index contributed by atoms with van der Waals surface area (Å²) in [6.45, 7) is 2.07. The van der Waals surface area contributed by atoms with Crippen LogP contribution in [0.5, 0.6) is 5.75 Å². The Morgan fingerprint density at radius 2 is 1.96 bits per heavy atom. The van der Waals surface area contributed by atoms with Gasteiger partial charge in [-0.1, -0.05) is 41.9 Å². The van der Waals surface area contributed by atoms with Gasteiger partial charge in [0.05, 0.1) is 19.2 Å². The van der Waals surface area contributed by atoms with Crippen molar-refractivity contribution >= 4 is 17.6 Å². The number of amides is 2. The van der Waals surface area contributed by atoms with Gasteiger partial charge in [0.1, 0.15) is 18.5 Å². The number of para-hydroxylation sites is 1. The van der Waals surface area contributed by atoms with Crippen LogP contribution in [0.4, 0.5) is 4.79 Å². The summed E-state index contributed by atoms with van der Waals surface area (Å²) in [5.74, 6) is 0.841. The Hall–Kier alpha value is -2.24. The van der Waals surface area contributed by atoms with Crippen molar-refractivity contribution in [1.29, 1.82) is 0 Å². The second-order valence-corrected chi connectivity index (χ2v) is 6.64. The molecule has 5 nitrogen and oxygen atoms in total. The Morgan fingerprint density at radius 1 is 1.16 bits per heavy atom. The molecule has 0 saturated carbocycles. The minimum atomic E-state index is -0.135. The van der Waals surface area contributed by atoms with E-state index in [1.165, 1.54) is 0 Å². The van der Waals surface area contributed by atoms with Crippen molar-refractivity contribution < 1.29 is 14.3 Å². The predicted octanol–water partition coefficient (Wildman–Crippen LogP) is 3.56. The Bertz CT molecular complexity index is 766. The molecule has 2 heterocycles. The molecule has 0 bridgehead atoms. The summed E-state index contributed by atoms with van der Waals surface area (Å²) in [5, 5.41) is 3.76. The third kappa shape index (κ3) is 3.43. The van der Waals surface area contributed by atoms with E-state index in [0.29, 0.717) is 31.3 Å². The quantitative estimate of drug-likeness (QED) is 0.893. The van der Waals surface area contributed by atoms with Crippen LogP contribution < -0.4 is 10.1 Å². The molecule has 6 heteroatoms. The zero-order chi connectivity index (χ0) is 17.2. The molecule has 1 fully saturated rings. The first-order valence-electron chi connectivity index (χ1n) is 8.35. The van der Waals surface area contributed by atoms with Crippen molar-refractivity contribution in [3.8, 4) is 5.75 Å². The summed E-state index contributed by atoms with van der Waals surface area (Å²) in [6, 6.07) is 15.2. The molecule has 2 atom stereocenters. The fourth-order valence-corrected chi connectivity index (χ4v) is 3.36. The average molecular weight is 359 g/mol. The number of urea groups is 1. The van der Waals surface area contributed by atoms with Gasteiger partial charge >= 0.3 is 6.03 Å². The molecular formula is C19H19ClN2O3. The lowest BCUT2D eigenvalue weighted by Gasteiger charge is -2.33. The fraction of sp³-hybridized carbons (Fsp3) is 0.316. The smallest absolute Gasteiger partial charge is 0.318 e. The maximum absolute atomic E-state index is 12.7. The largest absolute Gasteiger partial charge is 0.491 e. The maximum atomic E-state index is 12.7. The number of ether oxygens (including phenoxy) is 2. The second kappa shape index (κ2) is 6.94. The van der Waals surface area contributed by atoms with Crippen LogP contribution in [0.25, 0.3) is 0 Å². The van der Waals surface area contributed by atoms with Crippen molar-refractivity contribution in [1.82, 2.24) is 10.2 Å². The van der Waals surface area contributed by atoms with Gasteiger partial charge in [0.25, 0.3) is 0 Å². The second-order valence-electron chi connectivity index (χ2n) is 6.21. The number of morpholine rings is 1. The first-order valence-corrected chi connectivity index (χ1v) is 8.73. The van der Waals surface area contributed by atoms with E-state index in [0.717, 1.165) is 16.9 Å². The molecule has 25 heavy (non-hydrogen) atoms. The number of halogens is 1. The van der Waals surface area contributed by atoms with Gasteiger partial charge in [0, 0.05) is 17.1 Å². The SMILES string of the molecule is O=C(N[C@H]1COc2ccccc21)N1CCO[C@@H](c2ccc(Cl)cc2)C1. The molecule has 0 unspecified atom stereocenters. The maximum Gasteiger partial charge on any atom is 0.318 e. The third-order valence-electron chi connectivity index (χ3n) is 4.59. The summed E-state index contributed by atoms with van der Waals surface area (Å²) in [4.78, 5) is 14.5. The highest BCUT2D eigenvalue weighted by atomic mass is 35.5. The average Bonchev–Trinajstić information content (AvgIpc) is 3.05. The van der Waals surface area contributed by atoms with E-state index in [9.17, 15) is 4.79 Å². The molecule has 2 aromatic carbocycles.